The molecule has 0 saturated carbocycles. The maximum Gasteiger partial charge on any atom is 0.240 e. The number of rotatable bonds is 4. The van der Waals surface area contributed by atoms with Crippen LogP contribution in [0.1, 0.15) is 38.3 Å². The van der Waals surface area contributed by atoms with Crippen molar-refractivity contribution in [3.8, 4) is 0 Å². The zero-order valence-corrected chi connectivity index (χ0v) is 13.2. The molecule has 1 aromatic rings. The Kier molecular flexibility index (Phi) is 4.63. The van der Waals surface area contributed by atoms with Gasteiger partial charge in [-0.3, -0.25) is 0 Å². The Balaban J connectivity index is 2.95. The molecule has 0 amide bonds. The SMILES string of the molecule is Cc1cc(N)c(C)c(S(=O)(=O)NCCC(C)(C)C)c1. The highest BCUT2D eigenvalue weighted by Crippen LogP contribution is 2.23. The van der Waals surface area contributed by atoms with Crippen LogP contribution in [-0.4, -0.2) is 15.0 Å². The molecule has 1 aromatic carbocycles. The van der Waals surface area contributed by atoms with Gasteiger partial charge in [-0.2, -0.15) is 0 Å². The molecule has 0 aliphatic rings. The zero-order chi connectivity index (χ0) is 14.8. The fraction of sp³-hybridized carbons (Fsp3) is 0.571. The van der Waals surface area contributed by atoms with E-state index in [-0.39, 0.29) is 10.3 Å². The number of sulfonamides is 1. The monoisotopic (exact) mass is 284 g/mol. The lowest BCUT2D eigenvalue weighted by atomic mass is 9.93. The molecule has 19 heavy (non-hydrogen) atoms. The Labute approximate surface area is 116 Å². The van der Waals surface area contributed by atoms with Crippen LogP contribution in [0.25, 0.3) is 0 Å². The minimum Gasteiger partial charge on any atom is -0.398 e. The number of nitrogens with one attached hydrogen (secondary N) is 1. The molecular weight excluding hydrogens is 260 g/mol. The van der Waals surface area contributed by atoms with Crippen LogP contribution >= 0.6 is 0 Å². The third kappa shape index (κ3) is 4.51. The van der Waals surface area contributed by atoms with Crippen molar-refractivity contribution in [1.82, 2.24) is 4.72 Å². The van der Waals surface area contributed by atoms with Crippen molar-refractivity contribution in [3.63, 3.8) is 0 Å². The predicted molar refractivity (Wildman–Crippen MR) is 79.6 cm³/mol. The minimum atomic E-state index is -3.49. The van der Waals surface area contributed by atoms with Crippen molar-refractivity contribution in [2.45, 2.75) is 45.9 Å². The van der Waals surface area contributed by atoms with E-state index in [9.17, 15) is 8.42 Å². The van der Waals surface area contributed by atoms with Crippen LogP contribution in [-0.2, 0) is 10.0 Å². The van der Waals surface area contributed by atoms with Gasteiger partial charge in [-0.15, -0.1) is 0 Å². The average Bonchev–Trinajstić information content (AvgIpc) is 2.20. The number of anilines is 1. The van der Waals surface area contributed by atoms with Crippen LogP contribution in [0, 0.1) is 19.3 Å². The van der Waals surface area contributed by atoms with Gasteiger partial charge >= 0.3 is 0 Å². The Morgan fingerprint density at radius 2 is 1.79 bits per heavy atom. The summed E-state index contributed by atoms with van der Waals surface area (Å²) in [6, 6.07) is 3.44. The Morgan fingerprint density at radius 1 is 1.21 bits per heavy atom. The summed E-state index contributed by atoms with van der Waals surface area (Å²) >= 11 is 0. The van der Waals surface area contributed by atoms with Crippen molar-refractivity contribution < 1.29 is 8.42 Å². The van der Waals surface area contributed by atoms with E-state index in [0.717, 1.165) is 12.0 Å². The molecule has 0 unspecified atom stereocenters. The number of benzene rings is 1. The number of aryl methyl sites for hydroxylation is 1. The molecule has 0 aromatic heterocycles. The van der Waals surface area contributed by atoms with Gasteiger partial charge in [0, 0.05) is 12.2 Å². The fourth-order valence-electron chi connectivity index (χ4n) is 1.77. The molecule has 0 radical (unpaired) electrons. The highest BCUT2D eigenvalue weighted by Gasteiger charge is 2.19. The second-order valence-corrected chi connectivity index (χ2v) is 7.92. The quantitative estimate of drug-likeness (QED) is 0.835. The molecule has 0 bridgehead atoms. The van der Waals surface area contributed by atoms with Gasteiger partial charge in [0.25, 0.3) is 0 Å². The number of hydrogen-bond acceptors (Lipinski definition) is 3. The van der Waals surface area contributed by atoms with Crippen molar-refractivity contribution in [1.29, 1.82) is 0 Å². The van der Waals surface area contributed by atoms with Crippen molar-refractivity contribution in [2.24, 2.45) is 5.41 Å². The first kappa shape index (κ1) is 16.0. The number of nitrogens with two attached hydrogens (primary N) is 1. The molecule has 1 rings (SSSR count). The summed E-state index contributed by atoms with van der Waals surface area (Å²) in [5.41, 5.74) is 7.89. The first-order valence-corrected chi connectivity index (χ1v) is 7.88. The molecule has 108 valence electrons. The first-order valence-electron chi connectivity index (χ1n) is 6.39. The third-order valence-corrected chi connectivity index (χ3v) is 4.59. The molecule has 0 heterocycles. The topological polar surface area (TPSA) is 72.2 Å². The smallest absolute Gasteiger partial charge is 0.240 e. The molecule has 0 aliphatic heterocycles. The van der Waals surface area contributed by atoms with Crippen LogP contribution in [0.15, 0.2) is 17.0 Å². The zero-order valence-electron chi connectivity index (χ0n) is 12.4. The number of hydrogen-bond donors (Lipinski definition) is 2. The lowest BCUT2D eigenvalue weighted by Gasteiger charge is -2.18. The Morgan fingerprint density at radius 3 is 2.32 bits per heavy atom. The molecular formula is C14H24N2O2S. The van der Waals surface area contributed by atoms with E-state index in [2.05, 4.69) is 25.5 Å². The summed E-state index contributed by atoms with van der Waals surface area (Å²) in [5, 5.41) is 0. The molecule has 0 spiro atoms. The second kappa shape index (κ2) is 5.51. The maximum absolute atomic E-state index is 12.3. The van der Waals surface area contributed by atoms with E-state index >= 15 is 0 Å². The molecule has 0 atom stereocenters. The Hall–Kier alpha value is -1.07. The van der Waals surface area contributed by atoms with E-state index < -0.39 is 10.0 Å². The first-order chi connectivity index (χ1) is 8.53. The van der Waals surface area contributed by atoms with Gasteiger partial charge in [0.05, 0.1) is 4.90 Å². The average molecular weight is 284 g/mol. The number of nitrogen functional groups attached to an aromatic ring is 1. The molecule has 4 nitrogen and oxygen atoms in total. The summed E-state index contributed by atoms with van der Waals surface area (Å²) < 4.78 is 27.2. The highest BCUT2D eigenvalue weighted by atomic mass is 32.2. The summed E-state index contributed by atoms with van der Waals surface area (Å²) in [6.45, 7) is 10.2. The van der Waals surface area contributed by atoms with Crippen molar-refractivity contribution in [2.75, 3.05) is 12.3 Å². The summed E-state index contributed by atoms with van der Waals surface area (Å²) in [7, 11) is -3.49. The fourth-order valence-corrected chi connectivity index (χ4v) is 3.16. The molecule has 3 N–H and O–H groups in total. The molecule has 0 saturated heterocycles. The summed E-state index contributed by atoms with van der Waals surface area (Å²) in [5.74, 6) is 0. The van der Waals surface area contributed by atoms with Gasteiger partial charge in [-0.05, 0) is 48.9 Å². The summed E-state index contributed by atoms with van der Waals surface area (Å²) in [4.78, 5) is 0.277. The van der Waals surface area contributed by atoms with Crippen LogP contribution in [0.3, 0.4) is 0 Å². The van der Waals surface area contributed by atoms with E-state index in [0.29, 0.717) is 17.8 Å². The third-order valence-electron chi connectivity index (χ3n) is 3.00. The normalized spacial score (nSPS) is 12.7. The molecule has 5 heteroatoms. The van der Waals surface area contributed by atoms with E-state index in [4.69, 9.17) is 5.73 Å². The van der Waals surface area contributed by atoms with Crippen LogP contribution in [0.5, 0.6) is 0 Å². The summed E-state index contributed by atoms with van der Waals surface area (Å²) in [6.07, 6.45) is 0.784. The second-order valence-electron chi connectivity index (χ2n) is 6.19. The standard InChI is InChI=1S/C14H24N2O2S/c1-10-8-12(15)11(2)13(9-10)19(17,18)16-7-6-14(3,4)5/h8-9,16H,6-7,15H2,1-5H3. The van der Waals surface area contributed by atoms with Gasteiger partial charge in [-0.1, -0.05) is 20.8 Å². The van der Waals surface area contributed by atoms with Gasteiger partial charge < -0.3 is 5.73 Å². The van der Waals surface area contributed by atoms with Crippen molar-refractivity contribution >= 4 is 15.7 Å². The van der Waals surface area contributed by atoms with E-state index in [1.54, 1.807) is 19.1 Å². The van der Waals surface area contributed by atoms with Crippen LogP contribution < -0.4 is 10.5 Å². The lowest BCUT2D eigenvalue weighted by molar-refractivity contribution is 0.378. The van der Waals surface area contributed by atoms with E-state index in [1.807, 2.05) is 6.92 Å². The molecule has 0 fully saturated rings. The van der Waals surface area contributed by atoms with Gasteiger partial charge in [0.15, 0.2) is 0 Å². The minimum absolute atomic E-state index is 0.100. The van der Waals surface area contributed by atoms with Crippen LogP contribution in [0.2, 0.25) is 0 Å². The predicted octanol–water partition coefficient (Wildman–Crippen LogP) is 2.60. The van der Waals surface area contributed by atoms with E-state index in [1.165, 1.54) is 0 Å². The molecule has 0 aliphatic carbocycles. The Bertz CT molecular complexity index is 558. The van der Waals surface area contributed by atoms with Crippen LogP contribution in [0.4, 0.5) is 5.69 Å². The van der Waals surface area contributed by atoms with Crippen molar-refractivity contribution in [3.05, 3.63) is 23.3 Å². The lowest BCUT2D eigenvalue weighted by Crippen LogP contribution is -2.28. The maximum atomic E-state index is 12.3. The highest BCUT2D eigenvalue weighted by molar-refractivity contribution is 7.89. The van der Waals surface area contributed by atoms with Gasteiger partial charge in [0.1, 0.15) is 0 Å². The largest absolute Gasteiger partial charge is 0.398 e. The van der Waals surface area contributed by atoms with Gasteiger partial charge in [-0.25, -0.2) is 13.1 Å². The van der Waals surface area contributed by atoms with Gasteiger partial charge in [0.2, 0.25) is 10.0 Å².